The SMILES string of the molecule is CCOC(=O)[C@H](c1cc(C)cc(C)c1)[C@H]1C=C[C@@H](NC(=O)c2cccc(OC(F)(F)F)c2)C1. The number of allylic oxidation sites excluding steroid dienone is 1. The van der Waals surface area contributed by atoms with E-state index in [0.29, 0.717) is 6.42 Å². The van der Waals surface area contributed by atoms with Crippen LogP contribution in [0.2, 0.25) is 0 Å². The molecule has 0 aromatic heterocycles. The first-order valence-corrected chi connectivity index (χ1v) is 10.7. The first-order valence-electron chi connectivity index (χ1n) is 10.7. The van der Waals surface area contributed by atoms with Gasteiger partial charge in [-0.25, -0.2) is 0 Å². The summed E-state index contributed by atoms with van der Waals surface area (Å²) in [5.41, 5.74) is 2.97. The molecule has 0 saturated carbocycles. The third-order valence-corrected chi connectivity index (χ3v) is 5.33. The van der Waals surface area contributed by atoms with Crippen molar-refractivity contribution in [3.63, 3.8) is 0 Å². The molecule has 0 unspecified atom stereocenters. The Morgan fingerprint density at radius 3 is 2.42 bits per heavy atom. The van der Waals surface area contributed by atoms with Gasteiger partial charge in [0.2, 0.25) is 0 Å². The van der Waals surface area contributed by atoms with Crippen molar-refractivity contribution < 1.29 is 32.2 Å². The summed E-state index contributed by atoms with van der Waals surface area (Å²) < 4.78 is 46.6. The van der Waals surface area contributed by atoms with Crippen molar-refractivity contribution >= 4 is 11.9 Å². The van der Waals surface area contributed by atoms with Crippen molar-refractivity contribution in [3.8, 4) is 5.75 Å². The standard InChI is InChI=1S/C25H26F3NO4/c1-4-32-24(31)22(19-11-15(2)10-16(3)12-19)17-8-9-20(13-17)29-23(30)18-6-5-7-21(14-18)33-25(26,27)28/h5-12,14,17,20,22H,4,13H2,1-3H3,(H,29,30)/t17-,20+,22-/m0/s1. The molecule has 3 rings (SSSR count). The summed E-state index contributed by atoms with van der Waals surface area (Å²) in [7, 11) is 0. The molecule has 2 aromatic rings. The number of carbonyl (C=O) groups excluding carboxylic acids is 2. The summed E-state index contributed by atoms with van der Waals surface area (Å²) in [5.74, 6) is -2.05. The van der Waals surface area contributed by atoms with Crippen LogP contribution in [0.15, 0.2) is 54.6 Å². The molecule has 8 heteroatoms. The minimum atomic E-state index is -4.84. The van der Waals surface area contributed by atoms with E-state index in [2.05, 4.69) is 10.1 Å². The largest absolute Gasteiger partial charge is 0.573 e. The van der Waals surface area contributed by atoms with Crippen molar-refractivity contribution in [1.82, 2.24) is 5.32 Å². The first kappa shape index (κ1) is 24.4. The molecule has 1 N–H and O–H groups in total. The summed E-state index contributed by atoms with van der Waals surface area (Å²) in [6.45, 7) is 5.93. The van der Waals surface area contributed by atoms with Gasteiger partial charge in [-0.3, -0.25) is 9.59 Å². The lowest BCUT2D eigenvalue weighted by Gasteiger charge is -2.23. The summed E-state index contributed by atoms with van der Waals surface area (Å²) >= 11 is 0. The second kappa shape index (κ2) is 10.1. The van der Waals surface area contributed by atoms with E-state index in [9.17, 15) is 22.8 Å². The smallest absolute Gasteiger partial charge is 0.466 e. The molecule has 0 saturated heterocycles. The van der Waals surface area contributed by atoms with Crippen LogP contribution in [0.3, 0.4) is 0 Å². The number of ether oxygens (including phenoxy) is 2. The summed E-state index contributed by atoms with van der Waals surface area (Å²) in [6.07, 6.45) is -0.700. The van der Waals surface area contributed by atoms with E-state index in [-0.39, 0.29) is 30.1 Å². The predicted octanol–water partition coefficient (Wildman–Crippen LogP) is 5.22. The lowest BCUT2D eigenvalue weighted by molar-refractivity contribution is -0.274. The van der Waals surface area contributed by atoms with Crippen LogP contribution >= 0.6 is 0 Å². The average molecular weight is 461 g/mol. The fourth-order valence-electron chi connectivity index (χ4n) is 4.15. The molecule has 0 bridgehead atoms. The van der Waals surface area contributed by atoms with Gasteiger partial charge in [-0.1, -0.05) is 47.5 Å². The van der Waals surface area contributed by atoms with E-state index < -0.39 is 23.9 Å². The van der Waals surface area contributed by atoms with E-state index in [1.165, 1.54) is 12.1 Å². The maximum absolute atomic E-state index is 12.8. The molecular formula is C25H26F3NO4. The molecule has 0 heterocycles. The van der Waals surface area contributed by atoms with E-state index in [1.54, 1.807) is 13.0 Å². The number of rotatable bonds is 7. The van der Waals surface area contributed by atoms with Gasteiger partial charge in [0.15, 0.2) is 0 Å². The zero-order valence-corrected chi connectivity index (χ0v) is 18.6. The number of esters is 1. The van der Waals surface area contributed by atoms with Crippen LogP contribution in [0.4, 0.5) is 13.2 Å². The number of nitrogens with one attached hydrogen (secondary N) is 1. The zero-order chi connectivity index (χ0) is 24.2. The molecule has 1 aliphatic rings. The van der Waals surface area contributed by atoms with E-state index in [1.807, 2.05) is 38.1 Å². The number of benzene rings is 2. The van der Waals surface area contributed by atoms with Crippen LogP contribution in [-0.4, -0.2) is 30.9 Å². The Balaban J connectivity index is 1.72. The number of alkyl halides is 3. The van der Waals surface area contributed by atoms with Gasteiger partial charge in [0.1, 0.15) is 5.75 Å². The highest BCUT2D eigenvalue weighted by molar-refractivity contribution is 5.95. The van der Waals surface area contributed by atoms with Gasteiger partial charge in [0.05, 0.1) is 12.5 Å². The monoisotopic (exact) mass is 461 g/mol. The Morgan fingerprint density at radius 2 is 1.79 bits per heavy atom. The summed E-state index contributed by atoms with van der Waals surface area (Å²) in [5, 5.41) is 2.80. The zero-order valence-electron chi connectivity index (χ0n) is 18.6. The van der Waals surface area contributed by atoms with Gasteiger partial charge < -0.3 is 14.8 Å². The maximum Gasteiger partial charge on any atom is 0.573 e. The number of hydrogen-bond acceptors (Lipinski definition) is 4. The number of carbonyl (C=O) groups is 2. The molecule has 3 atom stereocenters. The number of aryl methyl sites for hydroxylation is 2. The fraction of sp³-hybridized carbons (Fsp3) is 0.360. The van der Waals surface area contributed by atoms with Gasteiger partial charge in [-0.2, -0.15) is 0 Å². The lowest BCUT2D eigenvalue weighted by Crippen LogP contribution is -2.34. The molecule has 1 amide bonds. The highest BCUT2D eigenvalue weighted by Crippen LogP contribution is 2.35. The van der Waals surface area contributed by atoms with Crippen molar-refractivity contribution in [2.75, 3.05) is 6.61 Å². The molecular weight excluding hydrogens is 435 g/mol. The lowest BCUT2D eigenvalue weighted by atomic mass is 9.84. The third-order valence-electron chi connectivity index (χ3n) is 5.33. The van der Waals surface area contributed by atoms with Crippen molar-refractivity contribution in [3.05, 3.63) is 76.9 Å². The Kier molecular flexibility index (Phi) is 7.46. The number of amides is 1. The van der Waals surface area contributed by atoms with Crippen LogP contribution in [0.25, 0.3) is 0 Å². The van der Waals surface area contributed by atoms with E-state index >= 15 is 0 Å². The van der Waals surface area contributed by atoms with Crippen LogP contribution in [0, 0.1) is 19.8 Å². The van der Waals surface area contributed by atoms with Crippen LogP contribution in [0.5, 0.6) is 5.75 Å². The number of halogens is 3. The molecule has 0 spiro atoms. The van der Waals surface area contributed by atoms with Gasteiger partial charge in [0.25, 0.3) is 5.91 Å². The second-order valence-electron chi connectivity index (χ2n) is 8.09. The van der Waals surface area contributed by atoms with Crippen LogP contribution < -0.4 is 10.1 Å². The second-order valence-corrected chi connectivity index (χ2v) is 8.09. The van der Waals surface area contributed by atoms with Crippen LogP contribution in [-0.2, 0) is 9.53 Å². The molecule has 33 heavy (non-hydrogen) atoms. The van der Waals surface area contributed by atoms with Gasteiger partial charge in [-0.15, -0.1) is 13.2 Å². The summed E-state index contributed by atoms with van der Waals surface area (Å²) in [4.78, 5) is 25.4. The highest BCUT2D eigenvalue weighted by Gasteiger charge is 2.35. The molecule has 2 aromatic carbocycles. The Bertz CT molecular complexity index is 1030. The van der Waals surface area contributed by atoms with Crippen molar-refractivity contribution in [2.45, 2.75) is 45.5 Å². The Labute approximate surface area is 190 Å². The molecule has 0 aliphatic heterocycles. The first-order chi connectivity index (χ1) is 15.6. The number of hydrogen-bond donors (Lipinski definition) is 1. The minimum absolute atomic E-state index is 0.0462. The van der Waals surface area contributed by atoms with Crippen molar-refractivity contribution in [2.24, 2.45) is 5.92 Å². The molecule has 1 aliphatic carbocycles. The molecule has 5 nitrogen and oxygen atoms in total. The predicted molar refractivity (Wildman–Crippen MR) is 117 cm³/mol. The maximum atomic E-state index is 12.8. The van der Waals surface area contributed by atoms with Gasteiger partial charge in [0, 0.05) is 11.6 Å². The minimum Gasteiger partial charge on any atom is -0.466 e. The average Bonchev–Trinajstić information content (AvgIpc) is 3.14. The Morgan fingerprint density at radius 1 is 1.09 bits per heavy atom. The molecule has 176 valence electrons. The fourth-order valence-corrected chi connectivity index (χ4v) is 4.15. The normalized spacial score (nSPS) is 18.6. The summed E-state index contributed by atoms with van der Waals surface area (Å²) in [6, 6.07) is 10.5. The van der Waals surface area contributed by atoms with E-state index in [0.717, 1.165) is 28.8 Å². The molecule has 0 radical (unpaired) electrons. The Hall–Kier alpha value is -3.29. The third kappa shape index (κ3) is 6.60. The van der Waals surface area contributed by atoms with E-state index in [4.69, 9.17) is 4.74 Å². The van der Waals surface area contributed by atoms with Crippen LogP contribution in [0.1, 0.15) is 46.3 Å². The quantitative estimate of drug-likeness (QED) is 0.453. The topological polar surface area (TPSA) is 64.6 Å². The van der Waals surface area contributed by atoms with Gasteiger partial charge >= 0.3 is 12.3 Å². The highest BCUT2D eigenvalue weighted by atomic mass is 19.4. The molecule has 0 fully saturated rings. The van der Waals surface area contributed by atoms with Crippen molar-refractivity contribution in [1.29, 1.82) is 0 Å². The van der Waals surface area contributed by atoms with Gasteiger partial charge in [-0.05, 0) is 56.9 Å².